The standard InChI is InChI=1S/C15H19ClN6OS/c16-10-2-3-11-13(8-10)24-15(18-11)22-5-1-4-21(6-7-22)14(23)12-9-17-20-19-12/h2-3,8,12,17,19-20H,1,4-7,9H2. The van der Waals surface area contributed by atoms with Crippen LogP contribution in [-0.2, 0) is 4.79 Å². The Labute approximate surface area is 148 Å². The molecule has 2 saturated heterocycles. The maximum absolute atomic E-state index is 12.5. The Balaban J connectivity index is 1.46. The maximum atomic E-state index is 12.5. The van der Waals surface area contributed by atoms with Crippen LogP contribution in [0.4, 0.5) is 5.13 Å². The normalized spacial score (nSPS) is 22.1. The van der Waals surface area contributed by atoms with Gasteiger partial charge >= 0.3 is 0 Å². The Morgan fingerprint density at radius 1 is 1.29 bits per heavy atom. The highest BCUT2D eigenvalue weighted by Gasteiger charge is 2.28. The predicted octanol–water partition coefficient (Wildman–Crippen LogP) is 0.969. The molecule has 2 aliphatic heterocycles. The third kappa shape index (κ3) is 3.20. The van der Waals surface area contributed by atoms with Crippen molar-refractivity contribution >= 4 is 44.2 Å². The van der Waals surface area contributed by atoms with Crippen LogP contribution >= 0.6 is 22.9 Å². The Bertz CT molecular complexity index is 747. The van der Waals surface area contributed by atoms with E-state index in [1.165, 1.54) is 0 Å². The lowest BCUT2D eigenvalue weighted by atomic mass is 10.2. The fourth-order valence-corrected chi connectivity index (χ4v) is 4.36. The number of nitrogens with zero attached hydrogens (tertiary/aromatic N) is 3. The monoisotopic (exact) mass is 366 g/mol. The second kappa shape index (κ2) is 6.81. The van der Waals surface area contributed by atoms with Crippen molar-refractivity contribution in [3.05, 3.63) is 23.2 Å². The van der Waals surface area contributed by atoms with Crippen LogP contribution in [0.25, 0.3) is 10.2 Å². The average molecular weight is 367 g/mol. The van der Waals surface area contributed by atoms with Gasteiger partial charge < -0.3 is 9.80 Å². The number of carbonyl (C=O) groups is 1. The van der Waals surface area contributed by atoms with E-state index < -0.39 is 0 Å². The molecule has 0 spiro atoms. The van der Waals surface area contributed by atoms with Crippen LogP contribution in [0.5, 0.6) is 0 Å². The average Bonchev–Trinajstić information content (AvgIpc) is 3.18. The van der Waals surface area contributed by atoms with Gasteiger partial charge in [-0.15, -0.1) is 0 Å². The van der Waals surface area contributed by atoms with Crippen molar-refractivity contribution < 1.29 is 4.79 Å². The van der Waals surface area contributed by atoms with E-state index in [1.807, 2.05) is 23.1 Å². The minimum absolute atomic E-state index is 0.144. The zero-order valence-corrected chi connectivity index (χ0v) is 14.7. The summed E-state index contributed by atoms with van der Waals surface area (Å²) in [6.07, 6.45) is 0.940. The Morgan fingerprint density at radius 2 is 2.21 bits per heavy atom. The largest absolute Gasteiger partial charge is 0.346 e. The molecule has 0 bridgehead atoms. The molecule has 2 aliphatic rings. The van der Waals surface area contributed by atoms with Gasteiger partial charge in [0.25, 0.3) is 0 Å². The molecular formula is C15H19ClN6OS. The zero-order valence-electron chi connectivity index (χ0n) is 13.1. The molecule has 0 radical (unpaired) electrons. The van der Waals surface area contributed by atoms with Crippen molar-refractivity contribution in [1.82, 2.24) is 26.3 Å². The van der Waals surface area contributed by atoms with E-state index >= 15 is 0 Å². The molecule has 4 rings (SSSR count). The summed E-state index contributed by atoms with van der Waals surface area (Å²) in [6.45, 7) is 3.81. The molecule has 2 fully saturated rings. The van der Waals surface area contributed by atoms with Gasteiger partial charge in [-0.05, 0) is 24.6 Å². The highest BCUT2D eigenvalue weighted by molar-refractivity contribution is 7.22. The molecule has 1 aromatic heterocycles. The third-order valence-electron chi connectivity index (χ3n) is 4.36. The van der Waals surface area contributed by atoms with Gasteiger partial charge in [-0.3, -0.25) is 4.79 Å². The second-order valence-electron chi connectivity index (χ2n) is 5.98. The Hall–Kier alpha value is -1.45. The maximum Gasteiger partial charge on any atom is 0.242 e. The van der Waals surface area contributed by atoms with Crippen LogP contribution in [0.1, 0.15) is 6.42 Å². The zero-order chi connectivity index (χ0) is 16.5. The van der Waals surface area contributed by atoms with Crippen LogP contribution in [0.15, 0.2) is 18.2 Å². The number of amides is 1. The first kappa shape index (κ1) is 16.0. The number of nitrogens with one attached hydrogen (secondary N) is 3. The molecule has 3 N–H and O–H groups in total. The molecule has 1 aromatic carbocycles. The van der Waals surface area contributed by atoms with Crippen LogP contribution in [-0.4, -0.2) is 54.6 Å². The van der Waals surface area contributed by atoms with E-state index in [2.05, 4.69) is 21.3 Å². The van der Waals surface area contributed by atoms with Crippen molar-refractivity contribution in [2.45, 2.75) is 12.5 Å². The highest BCUT2D eigenvalue weighted by atomic mass is 35.5. The number of aromatic nitrogens is 1. The number of carbonyl (C=O) groups excluding carboxylic acids is 1. The fraction of sp³-hybridized carbons (Fsp3) is 0.467. The summed E-state index contributed by atoms with van der Waals surface area (Å²) in [7, 11) is 0. The molecule has 9 heteroatoms. The number of hydrogen-bond acceptors (Lipinski definition) is 7. The first-order chi connectivity index (χ1) is 11.7. The van der Waals surface area contributed by atoms with Crippen molar-refractivity contribution in [2.24, 2.45) is 0 Å². The van der Waals surface area contributed by atoms with Crippen molar-refractivity contribution in [3.63, 3.8) is 0 Å². The van der Waals surface area contributed by atoms with Crippen molar-refractivity contribution in [1.29, 1.82) is 0 Å². The minimum Gasteiger partial charge on any atom is -0.346 e. The van der Waals surface area contributed by atoms with E-state index in [0.29, 0.717) is 13.1 Å². The van der Waals surface area contributed by atoms with Gasteiger partial charge in [0.1, 0.15) is 6.04 Å². The topological polar surface area (TPSA) is 72.5 Å². The number of halogens is 1. The van der Waals surface area contributed by atoms with Crippen LogP contribution < -0.4 is 21.3 Å². The number of hydrogen-bond donors (Lipinski definition) is 3. The molecule has 1 unspecified atom stereocenters. The number of thiazole rings is 1. The van der Waals surface area contributed by atoms with Crippen molar-refractivity contribution in [2.75, 3.05) is 37.6 Å². The quantitative estimate of drug-likeness (QED) is 0.735. The van der Waals surface area contributed by atoms with Crippen LogP contribution in [0.3, 0.4) is 0 Å². The summed E-state index contributed by atoms with van der Waals surface area (Å²) in [6, 6.07) is 5.59. The van der Waals surface area contributed by atoms with Gasteiger partial charge in [0.15, 0.2) is 5.13 Å². The lowest BCUT2D eigenvalue weighted by Crippen LogP contribution is -2.47. The fourth-order valence-electron chi connectivity index (χ4n) is 3.06. The van der Waals surface area contributed by atoms with Gasteiger partial charge in [-0.25, -0.2) is 15.8 Å². The van der Waals surface area contributed by atoms with Crippen LogP contribution in [0.2, 0.25) is 5.02 Å². The number of hydrazine groups is 2. The number of rotatable bonds is 2. The summed E-state index contributed by atoms with van der Waals surface area (Å²) in [5, 5.41) is 1.74. The molecule has 1 amide bonds. The number of benzene rings is 1. The summed E-state index contributed by atoms with van der Waals surface area (Å²) in [5.74, 6) is 0.144. The summed E-state index contributed by atoms with van der Waals surface area (Å²) in [4.78, 5) is 21.4. The molecule has 7 nitrogen and oxygen atoms in total. The van der Waals surface area contributed by atoms with Gasteiger partial charge in [0.05, 0.1) is 10.2 Å². The molecule has 1 atom stereocenters. The number of fused-ring (bicyclic) bond motifs is 1. The second-order valence-corrected chi connectivity index (χ2v) is 7.42. The predicted molar refractivity (Wildman–Crippen MR) is 96.1 cm³/mol. The van der Waals surface area contributed by atoms with Crippen molar-refractivity contribution in [3.8, 4) is 0 Å². The van der Waals surface area contributed by atoms with Gasteiger partial charge in [0.2, 0.25) is 5.91 Å². The number of anilines is 1. The lowest BCUT2D eigenvalue weighted by Gasteiger charge is -2.23. The Morgan fingerprint density at radius 3 is 3.04 bits per heavy atom. The first-order valence-electron chi connectivity index (χ1n) is 8.04. The Kier molecular flexibility index (Phi) is 4.55. The molecule has 24 heavy (non-hydrogen) atoms. The minimum atomic E-state index is -0.193. The van der Waals surface area contributed by atoms with E-state index in [1.54, 1.807) is 11.3 Å². The lowest BCUT2D eigenvalue weighted by molar-refractivity contribution is -0.132. The van der Waals surface area contributed by atoms with Gasteiger partial charge in [0, 0.05) is 37.7 Å². The molecule has 0 aliphatic carbocycles. The summed E-state index contributed by atoms with van der Waals surface area (Å²) in [5.41, 5.74) is 9.64. The SMILES string of the molecule is O=C(C1CNNN1)N1CCCN(c2nc3ccc(Cl)cc3s2)CC1. The van der Waals surface area contributed by atoms with Gasteiger partial charge in [-0.1, -0.05) is 22.9 Å². The highest BCUT2D eigenvalue weighted by Crippen LogP contribution is 2.31. The molecule has 3 heterocycles. The van der Waals surface area contributed by atoms with Crippen LogP contribution in [0, 0.1) is 0 Å². The molecular weight excluding hydrogens is 348 g/mol. The summed E-state index contributed by atoms with van der Waals surface area (Å²) < 4.78 is 1.10. The molecule has 0 saturated carbocycles. The van der Waals surface area contributed by atoms with Gasteiger partial charge in [-0.2, -0.15) is 5.53 Å². The molecule has 2 aromatic rings. The first-order valence-corrected chi connectivity index (χ1v) is 9.23. The smallest absolute Gasteiger partial charge is 0.242 e. The van der Waals surface area contributed by atoms with E-state index in [9.17, 15) is 4.79 Å². The third-order valence-corrected chi connectivity index (χ3v) is 5.67. The van der Waals surface area contributed by atoms with E-state index in [-0.39, 0.29) is 11.9 Å². The molecule has 128 valence electrons. The summed E-state index contributed by atoms with van der Waals surface area (Å²) >= 11 is 7.72. The van der Waals surface area contributed by atoms with E-state index in [4.69, 9.17) is 16.6 Å². The van der Waals surface area contributed by atoms with E-state index in [0.717, 1.165) is 46.4 Å².